The maximum atomic E-state index is 14.3. The van der Waals surface area contributed by atoms with Crippen molar-refractivity contribution in [2.24, 2.45) is 0 Å². The predicted molar refractivity (Wildman–Crippen MR) is 224 cm³/mol. The molecule has 0 bridgehead atoms. The van der Waals surface area contributed by atoms with Crippen molar-refractivity contribution in [3.05, 3.63) is 90.5 Å². The van der Waals surface area contributed by atoms with Gasteiger partial charge in [0, 0.05) is 18.6 Å². The monoisotopic (exact) mass is 881 g/mol. The Labute approximate surface area is 357 Å². The van der Waals surface area contributed by atoms with Crippen LogP contribution in [-0.2, 0) is 62.3 Å². The Morgan fingerprint density at radius 3 is 2.19 bits per heavy atom. The van der Waals surface area contributed by atoms with Crippen LogP contribution in [0.15, 0.2) is 79.4 Å². The topological polar surface area (TPSA) is 283 Å². The van der Waals surface area contributed by atoms with Crippen LogP contribution in [0.4, 0.5) is 10.6 Å². The van der Waals surface area contributed by atoms with Gasteiger partial charge in [0.05, 0.1) is 25.1 Å². The Balaban J connectivity index is 0.000000959. The fraction of sp³-hybridized carbons (Fsp3) is 0.415. The van der Waals surface area contributed by atoms with Crippen molar-refractivity contribution < 1.29 is 62.2 Å². The first-order chi connectivity index (χ1) is 29.5. The number of benzene rings is 2. The molecule has 1 fully saturated rings. The number of nitrogens with two attached hydrogens (primary N) is 1. The molecule has 0 spiro atoms. The molecule has 6 N–H and O–H groups in total. The summed E-state index contributed by atoms with van der Waals surface area (Å²) in [7, 11) is -3.91. The molecular formula is C41H52N7O13P. The van der Waals surface area contributed by atoms with Gasteiger partial charge in [-0.25, -0.2) is 39.2 Å². The van der Waals surface area contributed by atoms with Gasteiger partial charge in [0.1, 0.15) is 48.7 Å². The van der Waals surface area contributed by atoms with Crippen LogP contribution in [0.25, 0.3) is 11.2 Å². The lowest BCUT2D eigenvalue weighted by Crippen LogP contribution is -2.44. The number of esters is 2. The first-order valence-corrected chi connectivity index (χ1v) is 21.5. The fourth-order valence-electron chi connectivity index (χ4n) is 5.95. The number of carboxylic acid groups (broad SMARTS) is 2. The van der Waals surface area contributed by atoms with Gasteiger partial charge in [-0.15, -0.1) is 0 Å². The van der Waals surface area contributed by atoms with E-state index in [-0.39, 0.29) is 36.8 Å². The third-order valence-corrected chi connectivity index (χ3v) is 10.6. The lowest BCUT2D eigenvalue weighted by atomic mass is 10.1. The van der Waals surface area contributed by atoms with E-state index in [1.807, 2.05) is 30.3 Å². The molecule has 4 aromatic rings. The highest BCUT2D eigenvalue weighted by molar-refractivity contribution is 7.57. The van der Waals surface area contributed by atoms with Gasteiger partial charge in [-0.05, 0) is 76.6 Å². The molecule has 334 valence electrons. The van der Waals surface area contributed by atoms with E-state index in [4.69, 9.17) is 39.4 Å². The molecule has 20 nitrogen and oxygen atoms in total. The first-order valence-electron chi connectivity index (χ1n) is 19.7. The average Bonchev–Trinajstić information content (AvgIpc) is 3.90. The summed E-state index contributed by atoms with van der Waals surface area (Å²) in [6.07, 6.45) is 5.40. The average molecular weight is 882 g/mol. The number of aromatic nitrogens is 4. The second-order valence-electron chi connectivity index (χ2n) is 14.5. The molecule has 1 saturated carbocycles. The molecule has 21 heteroatoms. The highest BCUT2D eigenvalue weighted by Gasteiger charge is 2.33. The number of nitrogens with zero attached hydrogens (tertiary/aromatic N) is 4. The van der Waals surface area contributed by atoms with Crippen LogP contribution in [-0.4, -0.2) is 96.4 Å². The number of fused-ring (bicyclic) bond motifs is 1. The number of carbonyl (C=O) groups is 5. The maximum absolute atomic E-state index is 14.3. The normalized spacial score (nSPS) is 15.1. The molecule has 1 aliphatic rings. The summed E-state index contributed by atoms with van der Waals surface area (Å²) in [5.74, 6) is -3.21. The van der Waals surface area contributed by atoms with Gasteiger partial charge in [0.25, 0.3) is 0 Å². The fourth-order valence-corrected chi connectivity index (χ4v) is 7.74. The summed E-state index contributed by atoms with van der Waals surface area (Å²) in [5.41, 5.74) is 8.36. The molecule has 62 heavy (non-hydrogen) atoms. The number of carbonyl (C=O) groups excluding carboxylic acids is 3. The molecule has 0 unspecified atom stereocenters. The zero-order chi connectivity index (χ0) is 45.2. The second-order valence-corrected chi connectivity index (χ2v) is 16.5. The van der Waals surface area contributed by atoms with E-state index in [0.29, 0.717) is 35.4 Å². The van der Waals surface area contributed by atoms with Crippen molar-refractivity contribution in [2.45, 2.75) is 103 Å². The molecular weight excluding hydrogens is 829 g/mol. The smallest absolute Gasteiger partial charge is 0.408 e. The summed E-state index contributed by atoms with van der Waals surface area (Å²) in [6, 6.07) is 13.7. The minimum Gasteiger partial charge on any atom is -0.478 e. The van der Waals surface area contributed by atoms with Gasteiger partial charge in [-0.2, -0.15) is 0 Å². The van der Waals surface area contributed by atoms with E-state index in [1.165, 1.54) is 13.3 Å². The summed E-state index contributed by atoms with van der Waals surface area (Å²) < 4.78 is 44.5. The van der Waals surface area contributed by atoms with E-state index in [2.05, 4.69) is 25.4 Å². The first kappa shape index (κ1) is 48.3. The number of hydrogen-bond acceptors (Lipinski definition) is 15. The Bertz CT molecular complexity index is 2180. The van der Waals surface area contributed by atoms with E-state index < -0.39 is 62.0 Å². The third-order valence-electron chi connectivity index (χ3n) is 8.87. The van der Waals surface area contributed by atoms with Gasteiger partial charge in [-0.3, -0.25) is 9.36 Å². The number of amides is 1. The van der Waals surface area contributed by atoms with Crippen LogP contribution in [0.5, 0.6) is 5.75 Å². The van der Waals surface area contributed by atoms with Crippen molar-refractivity contribution in [3.63, 3.8) is 0 Å². The van der Waals surface area contributed by atoms with Crippen molar-refractivity contribution in [3.8, 4) is 5.75 Å². The van der Waals surface area contributed by atoms with Gasteiger partial charge >= 0.3 is 37.5 Å². The largest absolute Gasteiger partial charge is 0.478 e. The predicted octanol–water partition coefficient (Wildman–Crippen LogP) is 5.01. The van der Waals surface area contributed by atoms with Crippen molar-refractivity contribution in [1.29, 1.82) is 0 Å². The van der Waals surface area contributed by atoms with Crippen LogP contribution in [0, 0.1) is 0 Å². The molecule has 2 heterocycles. The van der Waals surface area contributed by atoms with Gasteiger partial charge < -0.3 is 49.3 Å². The second kappa shape index (κ2) is 23.6. The summed E-state index contributed by atoms with van der Waals surface area (Å²) in [5, 5.41) is 21.1. The van der Waals surface area contributed by atoms with Crippen molar-refractivity contribution in [1.82, 2.24) is 29.9 Å². The molecule has 0 saturated heterocycles. The lowest BCUT2D eigenvalue weighted by Gasteiger charge is -2.25. The SMILES string of the molecule is CC(C)OC(=O)[C@H](C)N[P@](=O)(CO[C@H](C)Cn1cnc2c(N)ncnc21)Oc1ccc(C[C@H](NC(=O)OCc2ccccc2)C(=O)OC2CCCC2)cc1.O=C(O)/C=C/C(=O)O. The number of nitrogens with one attached hydrogen (secondary N) is 2. The zero-order valence-electron chi connectivity index (χ0n) is 34.7. The number of imidazole rings is 1. The highest BCUT2D eigenvalue weighted by atomic mass is 31.2. The van der Waals surface area contributed by atoms with Crippen LogP contribution in [0.3, 0.4) is 0 Å². The molecule has 1 aliphatic carbocycles. The number of rotatable bonds is 20. The Kier molecular flexibility index (Phi) is 18.4. The summed E-state index contributed by atoms with van der Waals surface area (Å²) >= 11 is 0. The molecule has 2 aromatic heterocycles. The van der Waals surface area contributed by atoms with Crippen LogP contribution < -0.4 is 20.7 Å². The molecule has 0 aliphatic heterocycles. The molecule has 5 rings (SSSR count). The standard InChI is InChI=1S/C37H48N7O9P.C4H4O4/c1-24(2)51-35(45)26(4)43-54(48,23-50-25(3)19-44-22-41-32-33(38)39-21-40-34(32)44)53-30-16-14-27(15-17-30)18-31(36(46)52-29-12-8-9-13-29)42-37(47)49-20-28-10-6-5-7-11-28;5-3(6)1-2-4(7)8/h5-7,10-11,14-17,21-22,24-26,29,31H,8-9,12-13,18-20,23H2,1-4H3,(H,42,47)(H,43,48)(H2,38,39,40);1-2H,(H,5,6)(H,7,8)/b;2-1+/t25-,26+,31+,54+;/m1./s1. The Hall–Kier alpha value is -6.37. The number of carboxylic acids is 2. The number of ether oxygens (including phenoxy) is 4. The van der Waals surface area contributed by atoms with E-state index in [1.54, 1.807) is 55.9 Å². The van der Waals surface area contributed by atoms with E-state index >= 15 is 0 Å². The number of aliphatic carboxylic acids is 2. The molecule has 2 aromatic carbocycles. The lowest BCUT2D eigenvalue weighted by molar-refractivity contribution is -0.151. The number of nitrogen functional groups attached to an aromatic ring is 1. The van der Waals surface area contributed by atoms with Crippen molar-refractivity contribution in [2.75, 3.05) is 12.1 Å². The summed E-state index contributed by atoms with van der Waals surface area (Å²) in [4.78, 5) is 70.3. The number of anilines is 1. The van der Waals surface area contributed by atoms with E-state index in [0.717, 1.165) is 31.2 Å². The van der Waals surface area contributed by atoms with Gasteiger partial charge in [-0.1, -0.05) is 42.5 Å². The Morgan fingerprint density at radius 1 is 0.903 bits per heavy atom. The number of alkyl carbamates (subject to hydrolysis) is 1. The third kappa shape index (κ3) is 16.2. The van der Waals surface area contributed by atoms with Gasteiger partial charge in [0.2, 0.25) is 0 Å². The van der Waals surface area contributed by atoms with Crippen LogP contribution in [0.1, 0.15) is 64.5 Å². The van der Waals surface area contributed by atoms with Gasteiger partial charge in [0.15, 0.2) is 11.5 Å². The molecule has 4 atom stereocenters. The quantitative estimate of drug-likeness (QED) is 0.0337. The summed E-state index contributed by atoms with van der Waals surface area (Å²) in [6.45, 7) is 7.08. The van der Waals surface area contributed by atoms with Crippen LogP contribution in [0.2, 0.25) is 0 Å². The van der Waals surface area contributed by atoms with Crippen molar-refractivity contribution >= 4 is 54.5 Å². The molecule has 1 amide bonds. The zero-order valence-corrected chi connectivity index (χ0v) is 35.6. The number of hydrogen-bond donors (Lipinski definition) is 5. The minimum atomic E-state index is -3.91. The van der Waals surface area contributed by atoms with Crippen LogP contribution >= 0.6 is 7.52 Å². The minimum absolute atomic E-state index is 0.0397. The highest BCUT2D eigenvalue weighted by Crippen LogP contribution is 2.44. The molecule has 0 radical (unpaired) electrons. The maximum Gasteiger partial charge on any atom is 0.408 e. The van der Waals surface area contributed by atoms with E-state index in [9.17, 15) is 28.5 Å². The Morgan fingerprint density at radius 2 is 1.56 bits per heavy atom.